The highest BCUT2D eigenvalue weighted by molar-refractivity contribution is 7.92. The van der Waals surface area contributed by atoms with E-state index in [0.29, 0.717) is 11.5 Å². The van der Waals surface area contributed by atoms with Crippen LogP contribution in [0.25, 0.3) is 0 Å². The van der Waals surface area contributed by atoms with Crippen LogP contribution in [0.15, 0.2) is 23.2 Å². The lowest BCUT2D eigenvalue weighted by Gasteiger charge is -2.29. The van der Waals surface area contributed by atoms with E-state index in [4.69, 9.17) is 4.74 Å². The van der Waals surface area contributed by atoms with Gasteiger partial charge in [0.15, 0.2) is 5.96 Å². The normalized spacial score (nSPS) is 16.6. The largest absolute Gasteiger partial charge is 0.385 e. The fourth-order valence-electron chi connectivity index (χ4n) is 3.64. The first-order valence-electron chi connectivity index (χ1n) is 9.99. The minimum absolute atomic E-state index is 0.155. The Bertz CT molecular complexity index is 793. The van der Waals surface area contributed by atoms with E-state index in [9.17, 15) is 12.8 Å². The molecule has 0 heterocycles. The second-order valence-electron chi connectivity index (χ2n) is 7.69. The summed E-state index contributed by atoms with van der Waals surface area (Å²) in [5.41, 5.74) is 0.892. The van der Waals surface area contributed by atoms with E-state index < -0.39 is 15.8 Å². The Balaban J connectivity index is 1.81. The fourth-order valence-corrected chi connectivity index (χ4v) is 4.60. The van der Waals surface area contributed by atoms with E-state index in [2.05, 4.69) is 20.3 Å². The van der Waals surface area contributed by atoms with Crippen molar-refractivity contribution in [3.05, 3.63) is 29.6 Å². The summed E-state index contributed by atoms with van der Waals surface area (Å²) >= 11 is 0. The Hall–Kier alpha value is -1.87. The third kappa shape index (κ3) is 7.47. The van der Waals surface area contributed by atoms with Crippen LogP contribution in [-0.4, -0.2) is 54.0 Å². The van der Waals surface area contributed by atoms with Crippen LogP contribution in [-0.2, 0) is 14.8 Å². The molecule has 1 saturated carbocycles. The first-order valence-corrected chi connectivity index (χ1v) is 11.6. The zero-order valence-electron chi connectivity index (χ0n) is 17.6. The summed E-state index contributed by atoms with van der Waals surface area (Å²) in [6.07, 6.45) is 5.76. The maximum absolute atomic E-state index is 13.6. The fraction of sp³-hybridized carbons (Fsp3) is 0.650. The van der Waals surface area contributed by atoms with Crippen LogP contribution >= 0.6 is 0 Å². The van der Waals surface area contributed by atoms with Gasteiger partial charge in [-0.15, -0.1) is 0 Å². The number of hydrogen-bond donors (Lipinski definition) is 3. The minimum Gasteiger partial charge on any atom is -0.385 e. The van der Waals surface area contributed by atoms with E-state index in [1.807, 2.05) is 0 Å². The average molecular weight is 429 g/mol. The Labute approximate surface area is 173 Å². The highest BCUT2D eigenvalue weighted by Crippen LogP contribution is 2.40. The van der Waals surface area contributed by atoms with E-state index in [1.165, 1.54) is 18.9 Å². The molecule has 9 heteroatoms. The van der Waals surface area contributed by atoms with Crippen LogP contribution in [0.5, 0.6) is 0 Å². The van der Waals surface area contributed by atoms with Crippen LogP contribution in [0, 0.1) is 18.2 Å². The Morgan fingerprint density at radius 1 is 1.28 bits per heavy atom. The van der Waals surface area contributed by atoms with Crippen molar-refractivity contribution in [2.24, 2.45) is 10.4 Å². The minimum atomic E-state index is -3.60. The summed E-state index contributed by atoms with van der Waals surface area (Å²) in [6, 6.07) is 4.27. The van der Waals surface area contributed by atoms with Crippen molar-refractivity contribution >= 4 is 21.7 Å². The van der Waals surface area contributed by atoms with Gasteiger partial charge in [-0.05, 0) is 49.3 Å². The molecule has 0 aliphatic heterocycles. The van der Waals surface area contributed by atoms with Crippen LogP contribution < -0.4 is 15.4 Å². The highest BCUT2D eigenvalue weighted by Gasteiger charge is 2.33. The molecular weight excluding hydrogens is 395 g/mol. The maximum Gasteiger partial charge on any atom is 0.234 e. The Morgan fingerprint density at radius 2 is 2.00 bits per heavy atom. The Morgan fingerprint density at radius 3 is 2.62 bits per heavy atom. The lowest BCUT2D eigenvalue weighted by atomic mass is 9.83. The van der Waals surface area contributed by atoms with Crippen molar-refractivity contribution < 1.29 is 17.5 Å². The lowest BCUT2D eigenvalue weighted by Crippen LogP contribution is -2.44. The van der Waals surface area contributed by atoms with Gasteiger partial charge in [-0.25, -0.2) is 12.8 Å². The second-order valence-corrected chi connectivity index (χ2v) is 9.53. The van der Waals surface area contributed by atoms with Crippen LogP contribution in [0.2, 0.25) is 0 Å². The predicted molar refractivity (Wildman–Crippen MR) is 115 cm³/mol. The third-order valence-electron chi connectivity index (χ3n) is 5.46. The smallest absolute Gasteiger partial charge is 0.234 e. The highest BCUT2D eigenvalue weighted by atomic mass is 32.2. The van der Waals surface area contributed by atoms with Crippen molar-refractivity contribution in [3.8, 4) is 0 Å². The van der Waals surface area contributed by atoms with E-state index in [-0.39, 0.29) is 23.4 Å². The monoisotopic (exact) mass is 428 g/mol. The number of aryl methyl sites for hydroxylation is 1. The molecule has 7 nitrogen and oxygen atoms in total. The quantitative estimate of drug-likeness (QED) is 0.394. The number of rotatable bonds is 10. The summed E-state index contributed by atoms with van der Waals surface area (Å²) in [6.45, 7) is 3.33. The SMILES string of the molecule is CN=C(NCCS(=O)(=O)Nc1ccc(C)c(F)c1)NCC1(CCOC)CCCC1. The first kappa shape index (κ1) is 23.4. The van der Waals surface area contributed by atoms with Gasteiger partial charge in [-0.3, -0.25) is 9.71 Å². The average Bonchev–Trinajstić information content (AvgIpc) is 3.14. The molecule has 3 N–H and O–H groups in total. The molecule has 0 radical (unpaired) electrons. The molecule has 0 amide bonds. The van der Waals surface area contributed by atoms with Gasteiger partial charge in [0.1, 0.15) is 5.82 Å². The van der Waals surface area contributed by atoms with E-state index >= 15 is 0 Å². The maximum atomic E-state index is 13.6. The molecule has 164 valence electrons. The number of benzene rings is 1. The number of aliphatic imine (C=N–C) groups is 1. The van der Waals surface area contributed by atoms with Gasteiger partial charge in [0.05, 0.1) is 11.4 Å². The van der Waals surface area contributed by atoms with E-state index in [1.54, 1.807) is 33.2 Å². The second kappa shape index (κ2) is 10.8. The Kier molecular flexibility index (Phi) is 8.70. The molecular formula is C20H33FN4O3S. The van der Waals surface area contributed by atoms with Crippen LogP contribution in [0.3, 0.4) is 0 Å². The molecule has 0 unspecified atom stereocenters. The zero-order chi connectivity index (χ0) is 21.3. The molecule has 1 fully saturated rings. The van der Waals surface area contributed by atoms with Gasteiger partial charge in [-0.1, -0.05) is 18.9 Å². The van der Waals surface area contributed by atoms with Crippen molar-refractivity contribution in [1.82, 2.24) is 10.6 Å². The molecule has 1 aromatic carbocycles. The zero-order valence-corrected chi connectivity index (χ0v) is 18.4. The number of halogens is 1. The van der Waals surface area contributed by atoms with Gasteiger partial charge in [0.2, 0.25) is 10.0 Å². The lowest BCUT2D eigenvalue weighted by molar-refractivity contribution is 0.138. The van der Waals surface area contributed by atoms with E-state index in [0.717, 1.165) is 32.4 Å². The van der Waals surface area contributed by atoms with Crippen molar-refractivity contribution in [3.63, 3.8) is 0 Å². The number of nitrogens with zero attached hydrogens (tertiary/aromatic N) is 1. The molecule has 0 bridgehead atoms. The van der Waals surface area contributed by atoms with Crippen molar-refractivity contribution in [1.29, 1.82) is 0 Å². The summed E-state index contributed by atoms with van der Waals surface area (Å²) in [7, 11) is -0.223. The standard InChI is InChI=1S/C20H33FN4O3S/c1-16-6-7-17(14-18(16)21)25-29(26,27)13-11-23-19(22-2)24-15-20(10-12-28-3)8-4-5-9-20/h6-7,14,25H,4-5,8-13,15H2,1-3H3,(H2,22,23,24). The molecule has 0 atom stereocenters. The topological polar surface area (TPSA) is 91.8 Å². The summed E-state index contributed by atoms with van der Waals surface area (Å²) in [4.78, 5) is 4.18. The molecule has 0 saturated heterocycles. The predicted octanol–water partition coefficient (Wildman–Crippen LogP) is 2.64. The molecule has 0 spiro atoms. The van der Waals surface area contributed by atoms with Gasteiger partial charge < -0.3 is 15.4 Å². The van der Waals surface area contributed by atoms with Crippen LogP contribution in [0.4, 0.5) is 10.1 Å². The van der Waals surface area contributed by atoms with Gasteiger partial charge in [0, 0.05) is 33.9 Å². The summed E-state index contributed by atoms with van der Waals surface area (Å²) in [5, 5.41) is 6.37. The molecule has 29 heavy (non-hydrogen) atoms. The van der Waals surface area contributed by atoms with Gasteiger partial charge >= 0.3 is 0 Å². The van der Waals surface area contributed by atoms with Crippen LogP contribution in [0.1, 0.15) is 37.7 Å². The summed E-state index contributed by atoms with van der Waals surface area (Å²) < 4.78 is 45.8. The summed E-state index contributed by atoms with van der Waals surface area (Å²) in [5.74, 6) is -0.0228. The number of guanidine groups is 1. The first-order chi connectivity index (χ1) is 13.8. The molecule has 1 aromatic rings. The molecule has 1 aliphatic carbocycles. The third-order valence-corrected chi connectivity index (χ3v) is 6.75. The number of anilines is 1. The molecule has 2 rings (SSSR count). The number of sulfonamides is 1. The van der Waals surface area contributed by atoms with Crippen molar-refractivity contribution in [2.75, 3.05) is 44.3 Å². The molecule has 1 aliphatic rings. The number of methoxy groups -OCH3 is 1. The molecule has 0 aromatic heterocycles. The number of hydrogen-bond acceptors (Lipinski definition) is 4. The van der Waals surface area contributed by atoms with Gasteiger partial charge in [-0.2, -0.15) is 0 Å². The number of nitrogens with one attached hydrogen (secondary N) is 3. The number of ether oxygens (including phenoxy) is 1. The van der Waals surface area contributed by atoms with Crippen molar-refractivity contribution in [2.45, 2.75) is 39.0 Å². The van der Waals surface area contributed by atoms with Gasteiger partial charge in [0.25, 0.3) is 0 Å².